The molecule has 1 saturated heterocycles. The van der Waals surface area contributed by atoms with E-state index in [1.807, 2.05) is 37.4 Å². The summed E-state index contributed by atoms with van der Waals surface area (Å²) in [4.78, 5) is 9.20. The minimum absolute atomic E-state index is 0.653. The van der Waals surface area contributed by atoms with Crippen LogP contribution in [0.2, 0.25) is 0 Å². The van der Waals surface area contributed by atoms with Crippen molar-refractivity contribution in [3.63, 3.8) is 0 Å². The van der Waals surface area contributed by atoms with E-state index in [-0.39, 0.29) is 0 Å². The van der Waals surface area contributed by atoms with E-state index in [4.69, 9.17) is 4.74 Å². The minimum Gasteiger partial charge on any atom is -0.492 e. The number of likely N-dealkylation sites (N-methyl/N-ethyl adjacent to an activating group) is 1. The van der Waals surface area contributed by atoms with Crippen LogP contribution in [-0.2, 0) is 0 Å². The van der Waals surface area contributed by atoms with Crippen LogP contribution >= 0.6 is 0 Å². The lowest BCUT2D eigenvalue weighted by molar-refractivity contribution is 0.280. The van der Waals surface area contributed by atoms with Crippen LogP contribution in [0.5, 0.6) is 5.75 Å². The molecule has 1 aliphatic heterocycles. The number of ether oxygens (including phenoxy) is 1. The number of aliphatic imine (C=N–C) groups is 1. The molecule has 0 aromatic heterocycles. The molecule has 1 unspecified atom stereocenters. The van der Waals surface area contributed by atoms with Crippen LogP contribution in [0.25, 0.3) is 0 Å². The van der Waals surface area contributed by atoms with Gasteiger partial charge in [-0.05, 0) is 43.9 Å². The highest BCUT2D eigenvalue weighted by Crippen LogP contribution is 2.31. The number of guanidine groups is 1. The second-order valence-electron chi connectivity index (χ2n) is 6.89. The number of nitrogens with one attached hydrogen (secondary N) is 1. The van der Waals surface area contributed by atoms with Crippen molar-refractivity contribution >= 4 is 5.96 Å². The molecule has 1 atom stereocenters. The van der Waals surface area contributed by atoms with Crippen molar-refractivity contribution in [1.82, 2.24) is 15.1 Å². The Morgan fingerprint density at radius 2 is 2.08 bits per heavy atom. The van der Waals surface area contributed by atoms with Gasteiger partial charge in [0.2, 0.25) is 0 Å². The summed E-state index contributed by atoms with van der Waals surface area (Å²) in [6.45, 7) is 5.00. The van der Waals surface area contributed by atoms with Gasteiger partial charge in [-0.2, -0.15) is 0 Å². The van der Waals surface area contributed by atoms with Crippen LogP contribution in [0.3, 0.4) is 0 Å². The van der Waals surface area contributed by atoms with Crippen molar-refractivity contribution in [2.45, 2.75) is 25.3 Å². The molecule has 132 valence electrons. The molecule has 2 fully saturated rings. The number of nitrogens with zero attached hydrogens (tertiary/aromatic N) is 3. The number of para-hydroxylation sites is 1. The molecule has 1 aromatic carbocycles. The summed E-state index contributed by atoms with van der Waals surface area (Å²) in [6, 6.07) is 10.8. The maximum absolute atomic E-state index is 5.77. The second kappa shape index (κ2) is 8.38. The van der Waals surface area contributed by atoms with Gasteiger partial charge in [0, 0.05) is 33.2 Å². The fraction of sp³-hybridized carbons (Fsp3) is 0.632. The van der Waals surface area contributed by atoms with Crippen molar-refractivity contribution in [2.75, 3.05) is 46.9 Å². The van der Waals surface area contributed by atoms with Crippen molar-refractivity contribution < 1.29 is 4.74 Å². The molecule has 1 aliphatic carbocycles. The zero-order valence-corrected chi connectivity index (χ0v) is 14.9. The maximum Gasteiger partial charge on any atom is 0.193 e. The summed E-state index contributed by atoms with van der Waals surface area (Å²) in [7, 11) is 3.91. The lowest BCUT2D eigenvalue weighted by atomic mass is 10.1. The van der Waals surface area contributed by atoms with Crippen molar-refractivity contribution in [3.05, 3.63) is 30.3 Å². The summed E-state index contributed by atoms with van der Waals surface area (Å²) in [6.07, 6.45) is 4.12. The maximum atomic E-state index is 5.77. The van der Waals surface area contributed by atoms with Crippen molar-refractivity contribution in [3.8, 4) is 5.75 Å². The van der Waals surface area contributed by atoms with Crippen LogP contribution in [0.4, 0.5) is 0 Å². The Morgan fingerprint density at radius 1 is 1.29 bits per heavy atom. The molecule has 0 spiro atoms. The SMILES string of the molecule is CN=C(NCC1CCN(C2CC2)C1)N(C)CCOc1ccccc1. The Hall–Kier alpha value is -1.75. The lowest BCUT2D eigenvalue weighted by Gasteiger charge is -2.23. The Balaban J connectivity index is 1.35. The van der Waals surface area contributed by atoms with E-state index in [1.165, 1.54) is 32.4 Å². The third-order valence-corrected chi connectivity index (χ3v) is 4.94. The number of hydrogen-bond acceptors (Lipinski definition) is 3. The average Bonchev–Trinajstić information content (AvgIpc) is 3.35. The minimum atomic E-state index is 0.653. The monoisotopic (exact) mass is 330 g/mol. The molecule has 0 bridgehead atoms. The van der Waals surface area contributed by atoms with Gasteiger partial charge in [-0.15, -0.1) is 0 Å². The highest BCUT2D eigenvalue weighted by atomic mass is 16.5. The van der Waals surface area contributed by atoms with Gasteiger partial charge in [-0.3, -0.25) is 4.99 Å². The predicted molar refractivity (Wildman–Crippen MR) is 98.6 cm³/mol. The van der Waals surface area contributed by atoms with Gasteiger partial charge in [0.15, 0.2) is 5.96 Å². The topological polar surface area (TPSA) is 40.1 Å². The summed E-state index contributed by atoms with van der Waals surface area (Å²) >= 11 is 0. The van der Waals surface area contributed by atoms with Gasteiger partial charge in [-0.25, -0.2) is 0 Å². The molecular formula is C19H30N4O. The van der Waals surface area contributed by atoms with Crippen LogP contribution < -0.4 is 10.1 Å². The van der Waals surface area contributed by atoms with E-state index >= 15 is 0 Å². The molecule has 0 amide bonds. The quantitative estimate of drug-likeness (QED) is 0.614. The van der Waals surface area contributed by atoms with E-state index in [2.05, 4.69) is 27.2 Å². The standard InChI is InChI=1S/C19H30N4O/c1-20-19(21-14-16-10-11-23(15-16)17-8-9-17)22(2)12-13-24-18-6-4-3-5-7-18/h3-7,16-17H,8-15H2,1-2H3,(H,20,21). The van der Waals surface area contributed by atoms with Gasteiger partial charge >= 0.3 is 0 Å². The molecule has 1 heterocycles. The Bertz CT molecular complexity index is 529. The summed E-state index contributed by atoms with van der Waals surface area (Å²) in [5.74, 6) is 2.62. The third-order valence-electron chi connectivity index (χ3n) is 4.94. The molecule has 2 aliphatic rings. The molecule has 1 N–H and O–H groups in total. The summed E-state index contributed by atoms with van der Waals surface area (Å²) in [5, 5.41) is 3.53. The molecule has 24 heavy (non-hydrogen) atoms. The summed E-state index contributed by atoms with van der Waals surface area (Å²) < 4.78 is 5.77. The van der Waals surface area contributed by atoms with Crippen molar-refractivity contribution in [2.24, 2.45) is 10.9 Å². The Labute approximate surface area is 145 Å². The van der Waals surface area contributed by atoms with Gasteiger partial charge < -0.3 is 19.9 Å². The van der Waals surface area contributed by atoms with Gasteiger partial charge in [0.05, 0.1) is 6.54 Å². The Kier molecular flexibility index (Phi) is 5.96. The first-order valence-corrected chi connectivity index (χ1v) is 9.10. The van der Waals surface area contributed by atoms with Crippen LogP contribution in [0, 0.1) is 5.92 Å². The first-order valence-electron chi connectivity index (χ1n) is 9.10. The molecular weight excluding hydrogens is 300 g/mol. The van der Waals surface area contributed by atoms with E-state index in [1.54, 1.807) is 0 Å². The predicted octanol–water partition coefficient (Wildman–Crippen LogP) is 2.06. The number of benzene rings is 1. The van der Waals surface area contributed by atoms with Crippen LogP contribution in [0.15, 0.2) is 35.3 Å². The molecule has 5 heteroatoms. The first kappa shape index (κ1) is 17.1. The molecule has 5 nitrogen and oxygen atoms in total. The molecule has 0 radical (unpaired) electrons. The molecule has 1 saturated carbocycles. The Morgan fingerprint density at radius 3 is 2.79 bits per heavy atom. The smallest absolute Gasteiger partial charge is 0.193 e. The van der Waals surface area contributed by atoms with Gasteiger partial charge in [0.25, 0.3) is 0 Å². The largest absolute Gasteiger partial charge is 0.492 e. The number of hydrogen-bond donors (Lipinski definition) is 1. The zero-order chi connectivity index (χ0) is 16.8. The number of rotatable bonds is 7. The highest BCUT2D eigenvalue weighted by molar-refractivity contribution is 5.79. The zero-order valence-electron chi connectivity index (χ0n) is 14.9. The van der Waals surface area contributed by atoms with Crippen LogP contribution in [-0.4, -0.2) is 68.7 Å². The highest BCUT2D eigenvalue weighted by Gasteiger charge is 2.34. The third kappa shape index (κ3) is 4.87. The lowest BCUT2D eigenvalue weighted by Crippen LogP contribution is -2.43. The van der Waals surface area contributed by atoms with Gasteiger partial charge in [0.1, 0.15) is 12.4 Å². The fourth-order valence-corrected chi connectivity index (χ4v) is 3.34. The van der Waals surface area contributed by atoms with E-state index in [0.717, 1.165) is 36.8 Å². The number of likely N-dealkylation sites (tertiary alicyclic amines) is 1. The normalized spacial score (nSPS) is 21.8. The fourth-order valence-electron chi connectivity index (χ4n) is 3.34. The van der Waals surface area contributed by atoms with E-state index in [0.29, 0.717) is 6.61 Å². The van der Waals surface area contributed by atoms with E-state index in [9.17, 15) is 0 Å². The van der Waals surface area contributed by atoms with Crippen molar-refractivity contribution in [1.29, 1.82) is 0 Å². The summed E-state index contributed by atoms with van der Waals surface area (Å²) in [5.41, 5.74) is 0. The molecule has 1 aromatic rings. The van der Waals surface area contributed by atoms with Crippen LogP contribution in [0.1, 0.15) is 19.3 Å². The van der Waals surface area contributed by atoms with E-state index < -0.39 is 0 Å². The van der Waals surface area contributed by atoms with Gasteiger partial charge in [-0.1, -0.05) is 18.2 Å². The molecule has 3 rings (SSSR count). The first-order chi connectivity index (χ1) is 11.8. The second-order valence-corrected chi connectivity index (χ2v) is 6.89. The average molecular weight is 330 g/mol.